The molecule has 0 saturated carbocycles. The molecule has 0 N–H and O–H groups in total. The van der Waals surface area contributed by atoms with Crippen molar-refractivity contribution in [3.8, 4) is 23.0 Å². The van der Waals surface area contributed by atoms with Gasteiger partial charge in [-0.2, -0.15) is 0 Å². The predicted molar refractivity (Wildman–Crippen MR) is 372 cm³/mol. The third kappa shape index (κ3) is 6.30. The molecule has 8 aliphatic heterocycles. The maximum Gasteiger partial charge on any atom is 0.256 e. The van der Waals surface area contributed by atoms with E-state index < -0.39 is 290 Å². The average molecular weight is 1170 g/mol. The fourth-order valence-corrected chi connectivity index (χ4v) is 14.8. The fraction of sp³-hybridized carbons (Fsp3) is 0. The molecule has 13 aromatic rings. The summed E-state index contributed by atoms with van der Waals surface area (Å²) in [6.07, 6.45) is 0. The SMILES string of the molecule is [2H]c1c([2H])c([2H])c(N2c3cc4c(cc3B3c5c([2H])c([2H])c([2H])c([2H])c5N5c6c([2H])c([2H])c([2H])c([2H])c6B6c7cc8c(cc7N(c7c([2H])c([2H])c([2H])c([2H])c7[2H])c7cc2c3c5c76)Oc2cccc3c2B8c2c([2H])c([2H])c([2H])c([2H])c2N3c2c([2H])c([2H])c([2H])c([2H])c2[2H])B2c3c(cccc3N(c3c([2H])c([2H])c([2H])c([2H])c3[2H])c3c([2H])c([2H])c([2H])c([2H])c32)O4)c([2H])c1[2H]. The first-order chi connectivity index (χ1) is 59.1. The number of hydrogen-bond donors (Lipinski definition) is 0. The van der Waals surface area contributed by atoms with E-state index in [2.05, 4.69) is 0 Å². The van der Waals surface area contributed by atoms with Gasteiger partial charge < -0.3 is 34.0 Å². The zero-order chi connectivity index (χ0) is 89.1. The molecule has 7 nitrogen and oxygen atoms in total. The quantitative estimate of drug-likeness (QED) is 0.163. The molecule has 11 heteroatoms. The molecule has 0 radical (unpaired) electrons. The summed E-state index contributed by atoms with van der Waals surface area (Å²) < 4.78 is 358. The van der Waals surface area contributed by atoms with Gasteiger partial charge in [-0.3, -0.25) is 0 Å². The smallest absolute Gasteiger partial charge is 0.256 e. The second-order valence-electron chi connectivity index (χ2n) is 21.9. The molecule has 0 saturated heterocycles. The van der Waals surface area contributed by atoms with Crippen LogP contribution >= 0.6 is 0 Å². The molecule has 0 aromatic heterocycles. The minimum atomic E-state index is -1.76. The molecule has 0 fully saturated rings. The summed E-state index contributed by atoms with van der Waals surface area (Å²) in [6, 6.07) is -13.9. The first-order valence-corrected chi connectivity index (χ1v) is 28.0. The van der Waals surface area contributed by atoms with Gasteiger partial charge in [0, 0.05) is 97.4 Å². The van der Waals surface area contributed by atoms with Gasteiger partial charge in [-0.15, -0.1) is 0 Å². The second kappa shape index (κ2) is 17.7. The molecule has 0 aliphatic carbocycles. The highest BCUT2D eigenvalue weighted by molar-refractivity contribution is 7.06. The Morgan fingerprint density at radius 2 is 0.551 bits per heavy atom. The zero-order valence-corrected chi connectivity index (χ0v) is 45.2. The molecule has 0 atom stereocenters. The molecule has 89 heavy (non-hydrogen) atoms. The van der Waals surface area contributed by atoms with E-state index in [4.69, 9.17) is 20.4 Å². The average Bonchev–Trinajstić information content (AvgIpc) is 0.650. The van der Waals surface area contributed by atoms with Crippen molar-refractivity contribution in [2.45, 2.75) is 0 Å². The van der Waals surface area contributed by atoms with Crippen molar-refractivity contribution in [1.29, 1.82) is 0 Å². The molecule has 408 valence electrons. The van der Waals surface area contributed by atoms with E-state index in [-0.39, 0.29) is 128 Å². The van der Waals surface area contributed by atoms with Crippen LogP contribution in [0.25, 0.3) is 0 Å². The van der Waals surface area contributed by atoms with Crippen LogP contribution in [0.5, 0.6) is 23.0 Å². The van der Waals surface area contributed by atoms with Gasteiger partial charge in [0.15, 0.2) is 0 Å². The van der Waals surface area contributed by atoms with Crippen molar-refractivity contribution in [3.63, 3.8) is 0 Å². The van der Waals surface area contributed by atoms with E-state index in [0.29, 0.717) is 0 Å². The van der Waals surface area contributed by atoms with Gasteiger partial charge >= 0.3 is 0 Å². The van der Waals surface area contributed by atoms with Crippen LogP contribution in [0.1, 0.15) is 49.3 Å². The molecular formula is C78H47B4N5O2. The van der Waals surface area contributed by atoms with Crippen LogP contribution in [0.15, 0.2) is 284 Å². The topological polar surface area (TPSA) is 34.7 Å². The maximum atomic E-state index is 10.4. The van der Waals surface area contributed by atoms with Gasteiger partial charge in [0.05, 0.1) is 49.3 Å². The number of anilines is 15. The number of rotatable bonds is 4. The Balaban J connectivity index is 0.933. The molecule has 13 aromatic carbocycles. The van der Waals surface area contributed by atoms with Crippen LogP contribution in [0.3, 0.4) is 0 Å². The molecular weight excluding hydrogens is 1080 g/mol. The lowest BCUT2D eigenvalue weighted by molar-refractivity contribution is 0.487. The van der Waals surface area contributed by atoms with Crippen LogP contribution < -0.4 is 99.5 Å². The van der Waals surface area contributed by atoms with Crippen LogP contribution in [0.4, 0.5) is 85.3 Å². The maximum absolute atomic E-state index is 10.4. The Hall–Kier alpha value is -11.3. The Kier molecular flexibility index (Phi) is 5.08. The molecule has 21 rings (SSSR count). The van der Waals surface area contributed by atoms with Crippen LogP contribution in [0.2, 0.25) is 0 Å². The molecule has 0 spiro atoms. The second-order valence-corrected chi connectivity index (χ2v) is 21.9. The monoisotopic (exact) mass is 1170 g/mol. The van der Waals surface area contributed by atoms with Gasteiger partial charge in [0.25, 0.3) is 26.9 Å². The number of benzene rings is 13. The van der Waals surface area contributed by atoms with Crippen LogP contribution in [-0.2, 0) is 0 Å². The molecule has 0 bridgehead atoms. The fourth-order valence-electron chi connectivity index (χ4n) is 14.8. The number of hydrogen-bond acceptors (Lipinski definition) is 7. The van der Waals surface area contributed by atoms with Gasteiger partial charge in [-0.25, -0.2) is 0 Å². The van der Waals surface area contributed by atoms with Gasteiger partial charge in [-0.05, 0) is 168 Å². The minimum absolute atomic E-state index is 0.00231. The molecule has 8 heterocycles. The predicted octanol–water partition coefficient (Wildman–Crippen LogP) is 11.2. The van der Waals surface area contributed by atoms with E-state index in [1.807, 2.05) is 0 Å². The highest BCUT2D eigenvalue weighted by atomic mass is 16.5. The van der Waals surface area contributed by atoms with Gasteiger partial charge in [-0.1, -0.05) is 169 Å². The highest BCUT2D eigenvalue weighted by Crippen LogP contribution is 2.52. The largest absolute Gasteiger partial charge is 0.458 e. The lowest BCUT2D eigenvalue weighted by atomic mass is 9.27. The summed E-state index contributed by atoms with van der Waals surface area (Å²) in [5, 5.41) is 0. The highest BCUT2D eigenvalue weighted by Gasteiger charge is 2.54. The van der Waals surface area contributed by atoms with E-state index in [1.54, 1.807) is 0 Å². The van der Waals surface area contributed by atoms with Crippen molar-refractivity contribution in [2.24, 2.45) is 0 Å². The Morgan fingerprint density at radius 1 is 0.236 bits per heavy atom. The van der Waals surface area contributed by atoms with Crippen molar-refractivity contribution in [3.05, 3.63) is 284 Å². The zero-order valence-electron chi connectivity index (χ0n) is 81.2. The Bertz CT molecular complexity index is 6970. The summed E-state index contributed by atoms with van der Waals surface area (Å²) in [5.74, 6) is -0.484. The minimum Gasteiger partial charge on any atom is -0.458 e. The summed E-state index contributed by atoms with van der Waals surface area (Å²) in [4.78, 5) is 5.91. The van der Waals surface area contributed by atoms with E-state index in [9.17, 15) is 38.4 Å². The summed E-state index contributed by atoms with van der Waals surface area (Å²) in [6.45, 7) is -6.50. The first-order valence-electron chi connectivity index (χ1n) is 46.0. The number of para-hydroxylation sites is 8. The molecule has 8 aliphatic rings. The normalized spacial score (nSPS) is 20.2. The van der Waals surface area contributed by atoms with E-state index >= 15 is 0 Å². The van der Waals surface area contributed by atoms with Crippen molar-refractivity contribution < 1.29 is 58.8 Å². The van der Waals surface area contributed by atoms with Crippen LogP contribution in [0, 0.1) is 0 Å². The lowest BCUT2D eigenvalue weighted by Gasteiger charge is -2.51. The standard InChI is InChI=1S/C78H47B4N5O2/c1-5-23-48(24-6-1)83-60-35-17-13-31-52(60)81-58-43-56-66(46-72(58)88-70-41-21-39-64(83)74(70)81)85(50-27-9-3-10-28-50)68-45-69-77-78-76(68)79(56)54-33-15-19-37-62(54)87(78)63-38-20-16-34-55(63)80(77)57-44-59-73(47-67(57)86(69)51-29-11-4-12-30-51)89-71-42-22-40-65-75(71)82(59)53-32-14-18-36-61(53)84(65)49-25-7-2-8-26-49/h1-47H/i1D,2D,3D,4D,5D,6D,7D,8D,9D,10D,11D,12D,13D,14D,15D,16D,17D,18D,19D,20D,23D,24D,25D,26D,27D,28D,29D,30D,31D,32D,33D,34D,35D,36D,37D,38D. The number of nitrogens with zero attached hydrogens (tertiary/aromatic N) is 5. The molecule has 0 unspecified atom stereocenters. The van der Waals surface area contributed by atoms with Crippen LogP contribution in [-0.4, -0.2) is 26.9 Å². The number of ether oxygens (including phenoxy) is 2. The molecule has 0 amide bonds. The number of fused-ring (bicyclic) bond motifs is 18. The summed E-state index contributed by atoms with van der Waals surface area (Å²) >= 11 is 0. The summed E-state index contributed by atoms with van der Waals surface area (Å²) in [7, 11) is 0. The van der Waals surface area contributed by atoms with E-state index in [1.165, 1.54) is 81.4 Å². The Labute approximate surface area is 567 Å². The lowest BCUT2D eigenvalue weighted by Crippen LogP contribution is -2.69. The summed E-state index contributed by atoms with van der Waals surface area (Å²) in [5.41, 5.74) is -6.95. The Morgan fingerprint density at radius 3 is 0.921 bits per heavy atom. The van der Waals surface area contributed by atoms with Gasteiger partial charge in [0.2, 0.25) is 0 Å². The third-order valence-corrected chi connectivity index (χ3v) is 17.9. The van der Waals surface area contributed by atoms with Crippen molar-refractivity contribution in [1.82, 2.24) is 0 Å². The van der Waals surface area contributed by atoms with Crippen molar-refractivity contribution in [2.75, 3.05) is 24.5 Å². The first kappa shape index (κ1) is 25.6. The third-order valence-electron chi connectivity index (χ3n) is 17.9. The van der Waals surface area contributed by atoms with Crippen molar-refractivity contribution >= 4 is 178 Å². The van der Waals surface area contributed by atoms with E-state index in [0.717, 1.165) is 9.80 Å². The van der Waals surface area contributed by atoms with Gasteiger partial charge in [0.1, 0.15) is 23.0 Å².